The standard InChI is InChI=1S/C9H11ClN2OS/c10-7-3-1-2-4-8(7)13-6-5-12-9(11)14/h1-4H,5-6H2,(H3,11,12,14). The number of thiocarbonyl (C=S) groups is 1. The third-order valence-corrected chi connectivity index (χ3v) is 1.95. The molecule has 0 aliphatic heterocycles. The Morgan fingerprint density at radius 3 is 2.86 bits per heavy atom. The summed E-state index contributed by atoms with van der Waals surface area (Å²) in [6, 6.07) is 7.30. The lowest BCUT2D eigenvalue weighted by molar-refractivity contribution is 0.323. The van der Waals surface area contributed by atoms with Gasteiger partial charge < -0.3 is 15.8 Å². The van der Waals surface area contributed by atoms with Gasteiger partial charge in [-0.1, -0.05) is 23.7 Å². The first-order valence-electron chi connectivity index (χ1n) is 4.11. The first-order chi connectivity index (χ1) is 6.70. The zero-order chi connectivity index (χ0) is 10.4. The molecule has 0 saturated carbocycles. The van der Waals surface area contributed by atoms with Crippen LogP contribution in [-0.2, 0) is 0 Å². The maximum atomic E-state index is 5.87. The Labute approximate surface area is 93.2 Å². The summed E-state index contributed by atoms with van der Waals surface area (Å²) in [5, 5.41) is 3.65. The minimum absolute atomic E-state index is 0.271. The van der Waals surface area contributed by atoms with E-state index in [0.29, 0.717) is 23.9 Å². The van der Waals surface area contributed by atoms with Gasteiger partial charge in [0.25, 0.3) is 0 Å². The summed E-state index contributed by atoms with van der Waals surface area (Å²) in [7, 11) is 0. The van der Waals surface area contributed by atoms with E-state index in [4.69, 9.17) is 22.1 Å². The van der Waals surface area contributed by atoms with Crippen LogP contribution >= 0.6 is 23.8 Å². The zero-order valence-electron chi connectivity index (χ0n) is 7.50. The van der Waals surface area contributed by atoms with Crippen LogP contribution in [0.4, 0.5) is 0 Å². The molecule has 3 N–H and O–H groups in total. The van der Waals surface area contributed by atoms with Gasteiger partial charge in [-0.25, -0.2) is 0 Å². The molecular formula is C9H11ClN2OS. The topological polar surface area (TPSA) is 47.3 Å². The zero-order valence-corrected chi connectivity index (χ0v) is 9.07. The molecule has 0 heterocycles. The fraction of sp³-hybridized carbons (Fsp3) is 0.222. The summed E-state index contributed by atoms with van der Waals surface area (Å²) in [5.74, 6) is 0.666. The summed E-state index contributed by atoms with van der Waals surface area (Å²) in [6.07, 6.45) is 0. The Morgan fingerprint density at radius 2 is 2.21 bits per heavy atom. The molecule has 14 heavy (non-hydrogen) atoms. The van der Waals surface area contributed by atoms with Crippen LogP contribution in [0.1, 0.15) is 0 Å². The van der Waals surface area contributed by atoms with E-state index in [2.05, 4.69) is 17.5 Å². The summed E-state index contributed by atoms with van der Waals surface area (Å²) in [6.45, 7) is 1.04. The van der Waals surface area contributed by atoms with E-state index in [9.17, 15) is 0 Å². The quantitative estimate of drug-likeness (QED) is 0.609. The van der Waals surface area contributed by atoms with Crippen molar-refractivity contribution in [3.63, 3.8) is 0 Å². The normalized spacial score (nSPS) is 9.50. The van der Waals surface area contributed by atoms with Crippen molar-refractivity contribution in [1.82, 2.24) is 5.32 Å². The monoisotopic (exact) mass is 230 g/mol. The Morgan fingerprint density at radius 1 is 1.50 bits per heavy atom. The number of hydrogen-bond donors (Lipinski definition) is 2. The van der Waals surface area contributed by atoms with Gasteiger partial charge in [-0.3, -0.25) is 0 Å². The van der Waals surface area contributed by atoms with Gasteiger partial charge in [0.05, 0.1) is 11.6 Å². The molecule has 0 fully saturated rings. The summed E-state index contributed by atoms with van der Waals surface area (Å²) in [5.41, 5.74) is 5.24. The molecule has 0 aromatic heterocycles. The minimum Gasteiger partial charge on any atom is -0.490 e. The van der Waals surface area contributed by atoms with Gasteiger partial charge in [-0.2, -0.15) is 0 Å². The van der Waals surface area contributed by atoms with Crippen LogP contribution in [0.3, 0.4) is 0 Å². The van der Waals surface area contributed by atoms with Crippen molar-refractivity contribution in [2.24, 2.45) is 5.73 Å². The average Bonchev–Trinajstić information content (AvgIpc) is 2.15. The van der Waals surface area contributed by atoms with E-state index < -0.39 is 0 Å². The van der Waals surface area contributed by atoms with Crippen molar-refractivity contribution in [1.29, 1.82) is 0 Å². The van der Waals surface area contributed by atoms with Crippen LogP contribution in [0.15, 0.2) is 24.3 Å². The van der Waals surface area contributed by atoms with E-state index >= 15 is 0 Å². The molecule has 0 atom stereocenters. The molecule has 76 valence electrons. The number of para-hydroxylation sites is 1. The summed E-state index contributed by atoms with van der Waals surface area (Å²) in [4.78, 5) is 0. The molecule has 0 aliphatic carbocycles. The fourth-order valence-corrected chi connectivity index (χ4v) is 1.19. The molecule has 0 bridgehead atoms. The van der Waals surface area contributed by atoms with Gasteiger partial charge in [-0.15, -0.1) is 0 Å². The molecule has 0 unspecified atom stereocenters. The number of nitrogens with two attached hydrogens (primary N) is 1. The molecular weight excluding hydrogens is 220 g/mol. The van der Waals surface area contributed by atoms with Gasteiger partial charge >= 0.3 is 0 Å². The number of ether oxygens (including phenoxy) is 1. The van der Waals surface area contributed by atoms with Crippen LogP contribution < -0.4 is 15.8 Å². The number of rotatable bonds is 4. The maximum Gasteiger partial charge on any atom is 0.163 e. The molecule has 0 amide bonds. The van der Waals surface area contributed by atoms with E-state index in [0.717, 1.165) is 0 Å². The van der Waals surface area contributed by atoms with E-state index in [-0.39, 0.29) is 5.11 Å². The Kier molecular flexibility index (Phi) is 4.49. The van der Waals surface area contributed by atoms with Crippen LogP contribution in [-0.4, -0.2) is 18.3 Å². The first-order valence-corrected chi connectivity index (χ1v) is 4.89. The van der Waals surface area contributed by atoms with Crippen molar-refractivity contribution < 1.29 is 4.74 Å². The van der Waals surface area contributed by atoms with Crippen LogP contribution in [0, 0.1) is 0 Å². The SMILES string of the molecule is NC(=S)NCCOc1ccccc1Cl. The largest absolute Gasteiger partial charge is 0.490 e. The van der Waals surface area contributed by atoms with Gasteiger partial charge in [0.15, 0.2) is 5.11 Å². The predicted molar refractivity (Wildman–Crippen MR) is 61.7 cm³/mol. The number of nitrogens with one attached hydrogen (secondary N) is 1. The first kappa shape index (κ1) is 11.1. The van der Waals surface area contributed by atoms with E-state index in [1.54, 1.807) is 6.07 Å². The molecule has 1 aromatic carbocycles. The second-order valence-corrected chi connectivity index (χ2v) is 3.42. The van der Waals surface area contributed by atoms with Crippen molar-refractivity contribution in [2.75, 3.05) is 13.2 Å². The van der Waals surface area contributed by atoms with Crippen LogP contribution in [0.2, 0.25) is 5.02 Å². The molecule has 1 aromatic rings. The molecule has 5 heteroatoms. The van der Waals surface area contributed by atoms with Crippen LogP contribution in [0.5, 0.6) is 5.75 Å². The predicted octanol–water partition coefficient (Wildman–Crippen LogP) is 1.55. The third-order valence-electron chi connectivity index (χ3n) is 1.50. The van der Waals surface area contributed by atoms with Gasteiger partial charge in [0.2, 0.25) is 0 Å². The van der Waals surface area contributed by atoms with Crippen molar-refractivity contribution in [2.45, 2.75) is 0 Å². The van der Waals surface area contributed by atoms with Crippen molar-refractivity contribution in [3.05, 3.63) is 29.3 Å². The summed E-state index contributed by atoms with van der Waals surface area (Å²) < 4.78 is 5.38. The second kappa shape index (κ2) is 5.67. The highest BCUT2D eigenvalue weighted by molar-refractivity contribution is 7.80. The van der Waals surface area contributed by atoms with Gasteiger partial charge in [0.1, 0.15) is 12.4 Å². The molecule has 0 radical (unpaired) electrons. The molecule has 0 spiro atoms. The maximum absolute atomic E-state index is 5.87. The highest BCUT2D eigenvalue weighted by Crippen LogP contribution is 2.22. The van der Waals surface area contributed by atoms with Gasteiger partial charge in [0, 0.05) is 0 Å². The van der Waals surface area contributed by atoms with Crippen molar-refractivity contribution in [3.8, 4) is 5.75 Å². The highest BCUT2D eigenvalue weighted by atomic mass is 35.5. The lowest BCUT2D eigenvalue weighted by Crippen LogP contribution is -2.32. The third kappa shape index (κ3) is 3.81. The smallest absolute Gasteiger partial charge is 0.163 e. The lowest BCUT2D eigenvalue weighted by Gasteiger charge is -2.08. The molecule has 0 aliphatic rings. The molecule has 3 nitrogen and oxygen atoms in total. The Bertz CT molecular complexity index is 319. The summed E-state index contributed by atoms with van der Waals surface area (Å²) >= 11 is 10.5. The highest BCUT2D eigenvalue weighted by Gasteiger charge is 1.98. The number of halogens is 1. The second-order valence-electron chi connectivity index (χ2n) is 2.57. The van der Waals surface area contributed by atoms with Crippen molar-refractivity contribution >= 4 is 28.9 Å². The van der Waals surface area contributed by atoms with Gasteiger partial charge in [-0.05, 0) is 24.4 Å². The van der Waals surface area contributed by atoms with E-state index in [1.807, 2.05) is 18.2 Å². The Balaban J connectivity index is 2.31. The number of hydrogen-bond acceptors (Lipinski definition) is 2. The minimum atomic E-state index is 0.271. The van der Waals surface area contributed by atoms with E-state index in [1.165, 1.54) is 0 Å². The number of benzene rings is 1. The molecule has 1 rings (SSSR count). The average molecular weight is 231 g/mol. The Hall–Kier alpha value is -1.00. The molecule has 0 saturated heterocycles. The lowest BCUT2D eigenvalue weighted by atomic mass is 10.3. The van der Waals surface area contributed by atoms with Crippen LogP contribution in [0.25, 0.3) is 0 Å². The fourth-order valence-electron chi connectivity index (χ4n) is 0.897.